The third-order valence-electron chi connectivity index (χ3n) is 4.73. The Balaban J connectivity index is 1.34. The molecule has 0 unspecified atom stereocenters. The van der Waals surface area contributed by atoms with Gasteiger partial charge in [0.15, 0.2) is 0 Å². The van der Waals surface area contributed by atoms with E-state index in [0.29, 0.717) is 5.75 Å². The van der Waals surface area contributed by atoms with E-state index in [-0.39, 0.29) is 11.9 Å². The van der Waals surface area contributed by atoms with Crippen LogP contribution in [-0.2, 0) is 17.1 Å². The number of carbonyl (C=O) groups excluding carboxylic acids is 1. The standard InChI is InChI=1S/C19H26N4O2S/c1-14-18(15(2)25-22-14)12-26-13-19(24)21-16-6-9-23(10-7-16)11-17-5-3-4-8-20-17/h3-5,8,16H,6-7,9-13H2,1-2H3,(H,21,24). The van der Waals surface area contributed by atoms with E-state index >= 15 is 0 Å². The van der Waals surface area contributed by atoms with E-state index in [1.165, 1.54) is 0 Å². The predicted octanol–water partition coefficient (Wildman–Crippen LogP) is 2.70. The Labute approximate surface area is 158 Å². The Morgan fingerprint density at radius 3 is 2.81 bits per heavy atom. The first-order valence-electron chi connectivity index (χ1n) is 9.03. The summed E-state index contributed by atoms with van der Waals surface area (Å²) in [6, 6.07) is 6.30. The van der Waals surface area contributed by atoms with E-state index < -0.39 is 0 Å². The molecule has 1 aliphatic heterocycles. The number of thioether (sulfide) groups is 1. The zero-order valence-corrected chi connectivity index (χ0v) is 16.2. The fraction of sp³-hybridized carbons (Fsp3) is 0.526. The Morgan fingerprint density at radius 1 is 1.35 bits per heavy atom. The number of aryl methyl sites for hydroxylation is 2. The van der Waals surface area contributed by atoms with Crippen LogP contribution in [0.5, 0.6) is 0 Å². The van der Waals surface area contributed by atoms with Crippen molar-refractivity contribution in [3.63, 3.8) is 0 Å². The number of piperidine rings is 1. The summed E-state index contributed by atoms with van der Waals surface area (Å²) in [7, 11) is 0. The minimum Gasteiger partial charge on any atom is -0.361 e. The van der Waals surface area contributed by atoms with Crippen LogP contribution in [0.25, 0.3) is 0 Å². The number of nitrogens with zero attached hydrogens (tertiary/aromatic N) is 3. The van der Waals surface area contributed by atoms with Gasteiger partial charge in [-0.25, -0.2) is 0 Å². The minimum absolute atomic E-state index is 0.116. The van der Waals surface area contributed by atoms with Gasteiger partial charge < -0.3 is 9.84 Å². The van der Waals surface area contributed by atoms with E-state index in [2.05, 4.69) is 26.4 Å². The highest BCUT2D eigenvalue weighted by molar-refractivity contribution is 7.99. The molecule has 0 radical (unpaired) electrons. The molecule has 0 bridgehead atoms. The highest BCUT2D eigenvalue weighted by atomic mass is 32.2. The summed E-state index contributed by atoms with van der Waals surface area (Å²) in [4.78, 5) is 19.0. The number of hydrogen-bond donors (Lipinski definition) is 1. The third-order valence-corrected chi connectivity index (χ3v) is 5.68. The van der Waals surface area contributed by atoms with Crippen molar-refractivity contribution in [3.8, 4) is 0 Å². The maximum Gasteiger partial charge on any atom is 0.230 e. The van der Waals surface area contributed by atoms with Crippen LogP contribution >= 0.6 is 11.8 Å². The van der Waals surface area contributed by atoms with Crippen molar-refractivity contribution in [3.05, 3.63) is 47.1 Å². The number of amides is 1. The predicted molar refractivity (Wildman–Crippen MR) is 103 cm³/mol. The van der Waals surface area contributed by atoms with Gasteiger partial charge in [-0.15, -0.1) is 11.8 Å². The summed E-state index contributed by atoms with van der Waals surface area (Å²) in [5, 5.41) is 7.12. The number of hydrogen-bond acceptors (Lipinski definition) is 6. The normalized spacial score (nSPS) is 15.9. The van der Waals surface area contributed by atoms with E-state index in [9.17, 15) is 4.79 Å². The van der Waals surface area contributed by atoms with Gasteiger partial charge in [0.25, 0.3) is 0 Å². The van der Waals surface area contributed by atoms with Crippen LogP contribution in [0.3, 0.4) is 0 Å². The lowest BCUT2D eigenvalue weighted by atomic mass is 10.0. The molecule has 26 heavy (non-hydrogen) atoms. The second kappa shape index (κ2) is 9.19. The van der Waals surface area contributed by atoms with E-state index in [1.807, 2.05) is 32.2 Å². The van der Waals surface area contributed by atoms with Crippen LogP contribution in [0.15, 0.2) is 28.9 Å². The molecule has 7 heteroatoms. The van der Waals surface area contributed by atoms with Crippen molar-refractivity contribution in [1.29, 1.82) is 0 Å². The summed E-state index contributed by atoms with van der Waals surface area (Å²) in [6.07, 6.45) is 3.82. The van der Waals surface area contributed by atoms with Gasteiger partial charge in [0.1, 0.15) is 5.76 Å². The van der Waals surface area contributed by atoms with E-state index in [1.54, 1.807) is 11.8 Å². The van der Waals surface area contributed by atoms with Gasteiger partial charge in [0.2, 0.25) is 5.91 Å². The molecule has 1 amide bonds. The van der Waals surface area contributed by atoms with Gasteiger partial charge in [-0.2, -0.15) is 0 Å². The van der Waals surface area contributed by atoms with Crippen molar-refractivity contribution in [2.24, 2.45) is 0 Å². The molecule has 1 N–H and O–H groups in total. The van der Waals surface area contributed by atoms with E-state index in [0.717, 1.165) is 60.9 Å². The van der Waals surface area contributed by atoms with Gasteiger partial charge in [-0.3, -0.25) is 14.7 Å². The molecular weight excluding hydrogens is 348 g/mol. The average molecular weight is 375 g/mol. The molecule has 1 fully saturated rings. The number of nitrogens with one attached hydrogen (secondary N) is 1. The monoisotopic (exact) mass is 374 g/mol. The quantitative estimate of drug-likeness (QED) is 0.803. The lowest BCUT2D eigenvalue weighted by Gasteiger charge is -2.32. The zero-order valence-electron chi connectivity index (χ0n) is 15.4. The number of likely N-dealkylation sites (tertiary alicyclic amines) is 1. The second-order valence-corrected chi connectivity index (χ2v) is 7.72. The topological polar surface area (TPSA) is 71.3 Å². The molecule has 2 aromatic heterocycles. The van der Waals surface area contributed by atoms with Crippen molar-refractivity contribution >= 4 is 17.7 Å². The smallest absolute Gasteiger partial charge is 0.230 e. The minimum atomic E-state index is 0.116. The molecule has 2 aromatic rings. The number of carbonyl (C=O) groups is 1. The second-order valence-electron chi connectivity index (χ2n) is 6.73. The Hall–Kier alpha value is -1.86. The van der Waals surface area contributed by atoms with Gasteiger partial charge >= 0.3 is 0 Å². The summed E-state index contributed by atoms with van der Waals surface area (Å²) in [5.41, 5.74) is 3.12. The summed E-state index contributed by atoms with van der Waals surface area (Å²) >= 11 is 1.61. The summed E-state index contributed by atoms with van der Waals surface area (Å²) in [6.45, 7) is 6.72. The van der Waals surface area contributed by atoms with Crippen LogP contribution < -0.4 is 5.32 Å². The fourth-order valence-electron chi connectivity index (χ4n) is 3.18. The maximum absolute atomic E-state index is 12.2. The van der Waals surface area contributed by atoms with Crippen LogP contribution in [0.2, 0.25) is 0 Å². The van der Waals surface area contributed by atoms with Crippen LogP contribution in [-0.4, -0.2) is 45.8 Å². The number of aromatic nitrogens is 2. The van der Waals surface area contributed by atoms with Gasteiger partial charge in [0.05, 0.1) is 17.1 Å². The molecule has 0 aromatic carbocycles. The summed E-state index contributed by atoms with van der Waals surface area (Å²) < 4.78 is 5.15. The number of rotatable bonds is 7. The third kappa shape index (κ3) is 5.32. The van der Waals surface area contributed by atoms with Crippen LogP contribution in [0, 0.1) is 13.8 Å². The molecule has 1 aliphatic rings. The van der Waals surface area contributed by atoms with Gasteiger partial charge in [-0.1, -0.05) is 11.2 Å². The van der Waals surface area contributed by atoms with Crippen molar-refractivity contribution in [2.75, 3.05) is 18.8 Å². The molecule has 0 atom stereocenters. The Kier molecular flexibility index (Phi) is 6.68. The highest BCUT2D eigenvalue weighted by Crippen LogP contribution is 2.19. The zero-order chi connectivity index (χ0) is 18.4. The highest BCUT2D eigenvalue weighted by Gasteiger charge is 2.21. The lowest BCUT2D eigenvalue weighted by molar-refractivity contribution is -0.119. The van der Waals surface area contributed by atoms with Crippen LogP contribution in [0.1, 0.15) is 35.6 Å². The largest absolute Gasteiger partial charge is 0.361 e. The average Bonchev–Trinajstić information content (AvgIpc) is 2.96. The van der Waals surface area contributed by atoms with Crippen LogP contribution in [0.4, 0.5) is 0 Å². The molecule has 1 saturated heterocycles. The SMILES string of the molecule is Cc1noc(C)c1CSCC(=O)NC1CCN(Cc2ccccn2)CC1. The molecule has 6 nitrogen and oxygen atoms in total. The molecular formula is C19H26N4O2S. The number of pyridine rings is 1. The Bertz CT molecular complexity index is 692. The first-order chi connectivity index (χ1) is 12.6. The first-order valence-corrected chi connectivity index (χ1v) is 10.2. The molecule has 0 saturated carbocycles. The van der Waals surface area contributed by atoms with Gasteiger partial charge in [0, 0.05) is 43.2 Å². The molecule has 0 aliphatic carbocycles. The molecule has 3 rings (SSSR count). The van der Waals surface area contributed by atoms with Crippen molar-refractivity contribution in [2.45, 2.75) is 45.0 Å². The summed E-state index contributed by atoms with van der Waals surface area (Å²) in [5.74, 6) is 2.19. The first kappa shape index (κ1) is 18.9. The van der Waals surface area contributed by atoms with Gasteiger partial charge in [-0.05, 0) is 38.8 Å². The molecule has 3 heterocycles. The molecule has 0 spiro atoms. The lowest BCUT2D eigenvalue weighted by Crippen LogP contribution is -2.44. The molecule has 140 valence electrons. The Morgan fingerprint density at radius 2 is 2.15 bits per heavy atom. The maximum atomic E-state index is 12.2. The van der Waals surface area contributed by atoms with Crippen molar-refractivity contribution < 1.29 is 9.32 Å². The van der Waals surface area contributed by atoms with Crippen molar-refractivity contribution in [1.82, 2.24) is 20.4 Å². The fourth-order valence-corrected chi connectivity index (χ4v) is 4.17. The van der Waals surface area contributed by atoms with E-state index in [4.69, 9.17) is 4.52 Å².